The number of hydrogen-bond acceptors (Lipinski definition) is 3. The van der Waals surface area contributed by atoms with E-state index in [0.29, 0.717) is 18.2 Å². The molecular formula is C17H22N4. The SMILES string of the molecule is CCCCc1c(C#N)nnn1Cc1ccc(C(C)C)cc1. The fraction of sp³-hybridized carbons (Fsp3) is 0.471. The normalized spacial score (nSPS) is 10.8. The maximum Gasteiger partial charge on any atom is 0.185 e. The first kappa shape index (κ1) is 15.2. The highest BCUT2D eigenvalue weighted by atomic mass is 15.4. The summed E-state index contributed by atoms with van der Waals surface area (Å²) in [5, 5.41) is 17.2. The lowest BCUT2D eigenvalue weighted by Crippen LogP contribution is -2.07. The first-order chi connectivity index (χ1) is 10.2. The zero-order chi connectivity index (χ0) is 15.2. The molecule has 4 heteroatoms. The monoisotopic (exact) mass is 282 g/mol. The number of unbranched alkanes of at least 4 members (excludes halogenated alkanes) is 1. The molecule has 4 nitrogen and oxygen atoms in total. The zero-order valence-electron chi connectivity index (χ0n) is 13.0. The average Bonchev–Trinajstić information content (AvgIpc) is 2.87. The molecule has 0 atom stereocenters. The Kier molecular flexibility index (Phi) is 5.10. The van der Waals surface area contributed by atoms with Crippen molar-refractivity contribution in [2.45, 2.75) is 52.5 Å². The van der Waals surface area contributed by atoms with Gasteiger partial charge in [-0.25, -0.2) is 4.68 Å². The van der Waals surface area contributed by atoms with Gasteiger partial charge in [0.25, 0.3) is 0 Å². The van der Waals surface area contributed by atoms with Crippen LogP contribution < -0.4 is 0 Å². The molecule has 1 aromatic heterocycles. The quantitative estimate of drug-likeness (QED) is 0.812. The number of aromatic nitrogens is 3. The molecule has 1 aromatic carbocycles. The van der Waals surface area contributed by atoms with Crippen LogP contribution in [0.15, 0.2) is 24.3 Å². The summed E-state index contributed by atoms with van der Waals surface area (Å²) >= 11 is 0. The second-order valence-corrected chi connectivity index (χ2v) is 5.65. The van der Waals surface area contributed by atoms with Gasteiger partial charge in [0.2, 0.25) is 0 Å². The Labute approximate surface area is 126 Å². The Bertz CT molecular complexity index is 617. The summed E-state index contributed by atoms with van der Waals surface area (Å²) in [6.07, 6.45) is 3.00. The minimum Gasteiger partial charge on any atom is -0.244 e. The zero-order valence-corrected chi connectivity index (χ0v) is 13.0. The number of nitriles is 1. The van der Waals surface area contributed by atoms with Gasteiger partial charge in [0.15, 0.2) is 5.69 Å². The predicted molar refractivity (Wildman–Crippen MR) is 83.0 cm³/mol. The summed E-state index contributed by atoms with van der Waals surface area (Å²) in [5.41, 5.74) is 3.93. The van der Waals surface area contributed by atoms with Crippen LogP contribution in [0.2, 0.25) is 0 Å². The van der Waals surface area contributed by atoms with Crippen molar-refractivity contribution in [1.82, 2.24) is 15.0 Å². The van der Waals surface area contributed by atoms with E-state index in [2.05, 4.69) is 61.4 Å². The van der Waals surface area contributed by atoms with Crippen LogP contribution in [-0.4, -0.2) is 15.0 Å². The lowest BCUT2D eigenvalue weighted by atomic mass is 10.0. The Balaban J connectivity index is 2.19. The Morgan fingerprint density at radius 3 is 2.52 bits per heavy atom. The van der Waals surface area contributed by atoms with Gasteiger partial charge in [-0.2, -0.15) is 5.26 Å². The Hall–Kier alpha value is -2.15. The molecule has 0 unspecified atom stereocenters. The third-order valence-electron chi connectivity index (χ3n) is 3.69. The van der Waals surface area contributed by atoms with Crippen LogP contribution in [0, 0.1) is 11.3 Å². The lowest BCUT2D eigenvalue weighted by Gasteiger charge is -2.09. The van der Waals surface area contributed by atoms with Crippen molar-refractivity contribution >= 4 is 0 Å². The summed E-state index contributed by atoms with van der Waals surface area (Å²) < 4.78 is 1.86. The molecule has 0 radical (unpaired) electrons. The van der Waals surface area contributed by atoms with Gasteiger partial charge in [0.1, 0.15) is 6.07 Å². The van der Waals surface area contributed by atoms with Crippen molar-refractivity contribution in [3.8, 4) is 6.07 Å². The van der Waals surface area contributed by atoms with Gasteiger partial charge in [-0.15, -0.1) is 5.10 Å². The van der Waals surface area contributed by atoms with E-state index in [0.717, 1.165) is 25.0 Å². The molecule has 0 saturated heterocycles. The summed E-state index contributed by atoms with van der Waals surface area (Å²) in [6.45, 7) is 7.19. The molecule has 21 heavy (non-hydrogen) atoms. The van der Waals surface area contributed by atoms with Gasteiger partial charge >= 0.3 is 0 Å². The van der Waals surface area contributed by atoms with E-state index < -0.39 is 0 Å². The average molecular weight is 282 g/mol. The highest BCUT2D eigenvalue weighted by Crippen LogP contribution is 2.16. The van der Waals surface area contributed by atoms with E-state index in [4.69, 9.17) is 5.26 Å². The summed E-state index contributed by atoms with van der Waals surface area (Å²) in [7, 11) is 0. The van der Waals surface area contributed by atoms with E-state index in [1.54, 1.807) is 0 Å². The highest BCUT2D eigenvalue weighted by molar-refractivity contribution is 5.28. The predicted octanol–water partition coefficient (Wildman–Crippen LogP) is 3.66. The van der Waals surface area contributed by atoms with Crippen LogP contribution in [0.5, 0.6) is 0 Å². The minimum atomic E-state index is 0.460. The lowest BCUT2D eigenvalue weighted by molar-refractivity contribution is 0.606. The van der Waals surface area contributed by atoms with Crippen molar-refractivity contribution in [2.24, 2.45) is 0 Å². The Morgan fingerprint density at radius 1 is 1.24 bits per heavy atom. The summed E-state index contributed by atoms with van der Waals surface area (Å²) in [5.74, 6) is 0.538. The third kappa shape index (κ3) is 3.69. The van der Waals surface area contributed by atoms with E-state index >= 15 is 0 Å². The van der Waals surface area contributed by atoms with Gasteiger partial charge in [-0.05, 0) is 29.9 Å². The molecule has 0 aliphatic rings. The van der Waals surface area contributed by atoms with Crippen LogP contribution in [-0.2, 0) is 13.0 Å². The van der Waals surface area contributed by atoms with E-state index in [1.165, 1.54) is 11.1 Å². The highest BCUT2D eigenvalue weighted by Gasteiger charge is 2.12. The molecule has 0 aliphatic carbocycles. The van der Waals surface area contributed by atoms with Crippen molar-refractivity contribution in [1.29, 1.82) is 5.26 Å². The molecule has 110 valence electrons. The molecule has 0 aliphatic heterocycles. The van der Waals surface area contributed by atoms with E-state index in [9.17, 15) is 0 Å². The summed E-state index contributed by atoms with van der Waals surface area (Å²) in [4.78, 5) is 0. The third-order valence-corrected chi connectivity index (χ3v) is 3.69. The number of rotatable bonds is 6. The maximum absolute atomic E-state index is 9.13. The maximum atomic E-state index is 9.13. The van der Waals surface area contributed by atoms with Gasteiger partial charge in [0.05, 0.1) is 12.2 Å². The fourth-order valence-corrected chi connectivity index (χ4v) is 2.32. The number of hydrogen-bond donors (Lipinski definition) is 0. The van der Waals surface area contributed by atoms with Gasteiger partial charge < -0.3 is 0 Å². The molecule has 0 amide bonds. The second kappa shape index (κ2) is 7.03. The van der Waals surface area contributed by atoms with Crippen LogP contribution in [0.25, 0.3) is 0 Å². The molecule has 2 rings (SSSR count). The second-order valence-electron chi connectivity index (χ2n) is 5.65. The molecular weight excluding hydrogens is 260 g/mol. The molecule has 2 aromatic rings. The topological polar surface area (TPSA) is 54.5 Å². The van der Waals surface area contributed by atoms with Crippen LogP contribution in [0.4, 0.5) is 0 Å². The van der Waals surface area contributed by atoms with Crippen molar-refractivity contribution in [2.75, 3.05) is 0 Å². The molecule has 0 bridgehead atoms. The number of nitrogens with zero attached hydrogens (tertiary/aromatic N) is 4. The van der Waals surface area contributed by atoms with Crippen molar-refractivity contribution in [3.63, 3.8) is 0 Å². The van der Waals surface area contributed by atoms with Gasteiger partial charge in [0, 0.05) is 0 Å². The summed E-state index contributed by atoms with van der Waals surface area (Å²) in [6, 6.07) is 10.7. The smallest absolute Gasteiger partial charge is 0.185 e. The molecule has 0 spiro atoms. The molecule has 0 fully saturated rings. The van der Waals surface area contributed by atoms with Crippen LogP contribution in [0.1, 0.15) is 62.0 Å². The van der Waals surface area contributed by atoms with Crippen LogP contribution in [0.3, 0.4) is 0 Å². The molecule has 0 N–H and O–H groups in total. The first-order valence-electron chi connectivity index (χ1n) is 7.57. The fourth-order valence-electron chi connectivity index (χ4n) is 2.32. The number of benzene rings is 1. The van der Waals surface area contributed by atoms with E-state index in [1.807, 2.05) is 4.68 Å². The minimum absolute atomic E-state index is 0.460. The largest absolute Gasteiger partial charge is 0.244 e. The van der Waals surface area contributed by atoms with Crippen molar-refractivity contribution < 1.29 is 0 Å². The standard InChI is InChI=1S/C17H22N4/c1-4-5-6-17-16(11-18)19-20-21(17)12-14-7-9-15(10-8-14)13(2)3/h7-10,13H,4-6,12H2,1-3H3. The van der Waals surface area contributed by atoms with Crippen molar-refractivity contribution in [3.05, 3.63) is 46.8 Å². The first-order valence-corrected chi connectivity index (χ1v) is 7.57. The van der Waals surface area contributed by atoms with Gasteiger partial charge in [-0.3, -0.25) is 0 Å². The van der Waals surface area contributed by atoms with Crippen LogP contribution >= 0.6 is 0 Å². The molecule has 0 saturated carbocycles. The van der Waals surface area contributed by atoms with E-state index in [-0.39, 0.29) is 0 Å². The van der Waals surface area contributed by atoms with Gasteiger partial charge in [-0.1, -0.05) is 56.7 Å². The Morgan fingerprint density at radius 2 is 1.95 bits per heavy atom. The molecule has 1 heterocycles.